The van der Waals surface area contributed by atoms with Gasteiger partial charge in [0, 0.05) is 24.5 Å². The van der Waals surface area contributed by atoms with Crippen molar-refractivity contribution in [2.75, 3.05) is 19.7 Å². The Bertz CT molecular complexity index is 482. The number of hydrogen-bond donors (Lipinski definition) is 1. The highest BCUT2D eigenvalue weighted by atomic mass is 32.1. The van der Waals surface area contributed by atoms with Crippen molar-refractivity contribution in [3.8, 4) is 5.75 Å². The van der Waals surface area contributed by atoms with Crippen molar-refractivity contribution in [2.24, 2.45) is 5.73 Å². The van der Waals surface area contributed by atoms with Crippen LogP contribution in [0.1, 0.15) is 17.4 Å². The van der Waals surface area contributed by atoms with Crippen molar-refractivity contribution >= 4 is 11.3 Å². The zero-order chi connectivity index (χ0) is 14.2. The Labute approximate surface area is 125 Å². The van der Waals surface area contributed by atoms with Crippen LogP contribution in [0.2, 0.25) is 0 Å². The smallest absolute Gasteiger partial charge is 0.119 e. The SMILES string of the molecule is CCN(CCOc1ccc(CN)cc1)Cc1cccs1. The number of thiophene rings is 1. The average molecular weight is 290 g/mol. The summed E-state index contributed by atoms with van der Waals surface area (Å²) in [6, 6.07) is 12.3. The molecule has 0 bridgehead atoms. The first-order valence-corrected chi connectivity index (χ1v) is 7.86. The minimum absolute atomic E-state index is 0.574. The van der Waals surface area contributed by atoms with Crippen LogP contribution in [0, 0.1) is 0 Å². The first-order valence-electron chi connectivity index (χ1n) is 6.98. The third-order valence-corrected chi connectivity index (χ3v) is 4.10. The van der Waals surface area contributed by atoms with Crippen LogP contribution in [-0.4, -0.2) is 24.6 Å². The van der Waals surface area contributed by atoms with Crippen LogP contribution < -0.4 is 10.5 Å². The van der Waals surface area contributed by atoms with Crippen LogP contribution in [0.4, 0.5) is 0 Å². The zero-order valence-corrected chi connectivity index (χ0v) is 12.7. The van der Waals surface area contributed by atoms with Crippen molar-refractivity contribution < 1.29 is 4.74 Å². The number of benzene rings is 1. The van der Waals surface area contributed by atoms with Gasteiger partial charge in [0.15, 0.2) is 0 Å². The van der Waals surface area contributed by atoms with Gasteiger partial charge in [-0.05, 0) is 35.7 Å². The molecule has 0 saturated heterocycles. The largest absolute Gasteiger partial charge is 0.492 e. The van der Waals surface area contributed by atoms with Gasteiger partial charge in [-0.15, -0.1) is 11.3 Å². The van der Waals surface area contributed by atoms with Gasteiger partial charge in [-0.3, -0.25) is 4.90 Å². The van der Waals surface area contributed by atoms with Crippen LogP contribution in [0.15, 0.2) is 41.8 Å². The van der Waals surface area contributed by atoms with Crippen molar-refractivity contribution in [1.82, 2.24) is 4.90 Å². The number of nitrogens with zero attached hydrogens (tertiary/aromatic N) is 1. The molecule has 0 atom stereocenters. The molecule has 2 aromatic rings. The number of likely N-dealkylation sites (N-methyl/N-ethyl adjacent to an activating group) is 1. The second-order valence-electron chi connectivity index (χ2n) is 4.64. The molecule has 1 aromatic heterocycles. The molecule has 0 fully saturated rings. The third-order valence-electron chi connectivity index (χ3n) is 3.24. The molecule has 0 amide bonds. The fourth-order valence-corrected chi connectivity index (χ4v) is 2.73. The second-order valence-corrected chi connectivity index (χ2v) is 5.68. The normalized spacial score (nSPS) is 10.9. The quantitative estimate of drug-likeness (QED) is 0.812. The van der Waals surface area contributed by atoms with Gasteiger partial charge in [-0.2, -0.15) is 0 Å². The summed E-state index contributed by atoms with van der Waals surface area (Å²) in [7, 11) is 0. The van der Waals surface area contributed by atoms with Gasteiger partial charge in [0.05, 0.1) is 0 Å². The Morgan fingerprint density at radius 1 is 1.20 bits per heavy atom. The Morgan fingerprint density at radius 3 is 2.60 bits per heavy atom. The fourth-order valence-electron chi connectivity index (χ4n) is 1.99. The van der Waals surface area contributed by atoms with Crippen molar-refractivity contribution in [2.45, 2.75) is 20.0 Å². The average Bonchev–Trinajstić information content (AvgIpc) is 3.00. The fraction of sp³-hybridized carbons (Fsp3) is 0.375. The first kappa shape index (κ1) is 15.0. The van der Waals surface area contributed by atoms with Gasteiger partial charge in [0.25, 0.3) is 0 Å². The zero-order valence-electron chi connectivity index (χ0n) is 11.9. The third kappa shape index (κ3) is 4.63. The lowest BCUT2D eigenvalue weighted by molar-refractivity contribution is 0.211. The molecule has 1 aromatic carbocycles. The van der Waals surface area contributed by atoms with E-state index in [1.807, 2.05) is 24.3 Å². The first-order chi connectivity index (χ1) is 9.81. The Morgan fingerprint density at radius 2 is 2.00 bits per heavy atom. The van der Waals surface area contributed by atoms with E-state index in [4.69, 9.17) is 10.5 Å². The molecule has 2 N–H and O–H groups in total. The van der Waals surface area contributed by atoms with E-state index < -0.39 is 0 Å². The van der Waals surface area contributed by atoms with Crippen molar-refractivity contribution in [3.05, 3.63) is 52.2 Å². The summed E-state index contributed by atoms with van der Waals surface area (Å²) in [5.74, 6) is 0.911. The molecule has 0 spiro atoms. The van der Waals surface area contributed by atoms with Gasteiger partial charge >= 0.3 is 0 Å². The molecular formula is C16H22N2OS. The predicted molar refractivity (Wildman–Crippen MR) is 85.1 cm³/mol. The summed E-state index contributed by atoms with van der Waals surface area (Å²) in [5.41, 5.74) is 6.71. The van der Waals surface area contributed by atoms with E-state index in [1.165, 1.54) is 4.88 Å². The van der Waals surface area contributed by atoms with Crippen molar-refractivity contribution in [3.63, 3.8) is 0 Å². The topological polar surface area (TPSA) is 38.5 Å². The maximum Gasteiger partial charge on any atom is 0.119 e. The second kappa shape index (κ2) is 8.04. The standard InChI is InChI=1S/C16H22N2OS/c1-2-18(13-16-4-3-11-20-16)9-10-19-15-7-5-14(12-17)6-8-15/h3-8,11H,2,9-10,12-13,17H2,1H3. The predicted octanol–water partition coefficient (Wildman–Crippen LogP) is 3.11. The minimum Gasteiger partial charge on any atom is -0.492 e. The molecule has 0 aliphatic carbocycles. The lowest BCUT2D eigenvalue weighted by atomic mass is 10.2. The van der Waals surface area contributed by atoms with Gasteiger partial charge in [0.2, 0.25) is 0 Å². The van der Waals surface area contributed by atoms with Gasteiger partial charge in [-0.25, -0.2) is 0 Å². The molecule has 3 nitrogen and oxygen atoms in total. The summed E-state index contributed by atoms with van der Waals surface area (Å²) >= 11 is 1.81. The number of ether oxygens (including phenoxy) is 1. The molecular weight excluding hydrogens is 268 g/mol. The van der Waals surface area contributed by atoms with Gasteiger partial charge < -0.3 is 10.5 Å². The molecule has 0 radical (unpaired) electrons. The lowest BCUT2D eigenvalue weighted by Gasteiger charge is -2.19. The van der Waals surface area contributed by atoms with Crippen LogP contribution in [0.25, 0.3) is 0 Å². The molecule has 0 saturated carbocycles. The minimum atomic E-state index is 0.574. The van der Waals surface area contributed by atoms with Crippen LogP contribution >= 0.6 is 11.3 Å². The van der Waals surface area contributed by atoms with Gasteiger partial charge in [-0.1, -0.05) is 25.1 Å². The maximum atomic E-state index is 5.78. The highest BCUT2D eigenvalue weighted by Crippen LogP contribution is 2.13. The highest BCUT2D eigenvalue weighted by Gasteiger charge is 2.04. The number of rotatable bonds is 8. The van der Waals surface area contributed by atoms with E-state index in [0.717, 1.165) is 30.9 Å². The maximum absolute atomic E-state index is 5.78. The highest BCUT2D eigenvalue weighted by molar-refractivity contribution is 7.09. The number of nitrogens with two attached hydrogens (primary N) is 1. The molecule has 0 aliphatic heterocycles. The summed E-state index contributed by atoms with van der Waals surface area (Å²) in [6.45, 7) is 6.44. The Hall–Kier alpha value is -1.36. The molecule has 108 valence electrons. The summed E-state index contributed by atoms with van der Waals surface area (Å²) < 4.78 is 5.78. The van der Waals surface area contributed by atoms with E-state index >= 15 is 0 Å². The Kier molecular flexibility index (Phi) is 6.05. The molecule has 0 aliphatic rings. The van der Waals surface area contributed by atoms with E-state index in [1.54, 1.807) is 11.3 Å². The van der Waals surface area contributed by atoms with Crippen LogP contribution in [0.3, 0.4) is 0 Å². The monoisotopic (exact) mass is 290 g/mol. The Balaban J connectivity index is 1.75. The molecule has 20 heavy (non-hydrogen) atoms. The van der Waals surface area contributed by atoms with Crippen LogP contribution in [-0.2, 0) is 13.1 Å². The number of hydrogen-bond acceptors (Lipinski definition) is 4. The molecule has 0 unspecified atom stereocenters. The van der Waals surface area contributed by atoms with Gasteiger partial charge in [0.1, 0.15) is 12.4 Å². The summed E-state index contributed by atoms with van der Waals surface area (Å²) in [5, 5.41) is 2.12. The molecule has 1 heterocycles. The molecule has 4 heteroatoms. The van der Waals surface area contributed by atoms with E-state index in [0.29, 0.717) is 13.2 Å². The lowest BCUT2D eigenvalue weighted by Crippen LogP contribution is -2.27. The van der Waals surface area contributed by atoms with E-state index in [9.17, 15) is 0 Å². The van der Waals surface area contributed by atoms with Crippen molar-refractivity contribution in [1.29, 1.82) is 0 Å². The summed E-state index contributed by atoms with van der Waals surface area (Å²) in [6.07, 6.45) is 0. The van der Waals surface area contributed by atoms with E-state index in [2.05, 4.69) is 29.3 Å². The van der Waals surface area contributed by atoms with Crippen LogP contribution in [0.5, 0.6) is 5.75 Å². The molecule has 2 rings (SSSR count). The van der Waals surface area contributed by atoms with E-state index in [-0.39, 0.29) is 0 Å². The summed E-state index contributed by atoms with van der Waals surface area (Å²) in [4.78, 5) is 3.79.